The van der Waals surface area contributed by atoms with E-state index in [-0.39, 0.29) is 0 Å². The van der Waals surface area contributed by atoms with Crippen molar-refractivity contribution >= 4 is 11.8 Å². The van der Waals surface area contributed by atoms with Gasteiger partial charge in [0.1, 0.15) is 24.9 Å². The van der Waals surface area contributed by atoms with Crippen LogP contribution in [0, 0.1) is 0 Å². The van der Waals surface area contributed by atoms with Gasteiger partial charge in [-0.2, -0.15) is 0 Å². The van der Waals surface area contributed by atoms with E-state index in [1.165, 1.54) is 0 Å². The van der Waals surface area contributed by atoms with E-state index >= 15 is 0 Å². The minimum absolute atomic E-state index is 0.573. The Kier molecular flexibility index (Phi) is 4.37. The van der Waals surface area contributed by atoms with Crippen molar-refractivity contribution in [3.05, 3.63) is 0 Å². The van der Waals surface area contributed by atoms with Gasteiger partial charge >= 0.3 is 0 Å². The lowest BCUT2D eigenvalue weighted by Gasteiger charge is -2.38. The molecule has 3 unspecified atom stereocenters. The van der Waals surface area contributed by atoms with Crippen molar-refractivity contribution in [1.82, 2.24) is 0 Å². The Morgan fingerprint density at radius 3 is 2.18 bits per heavy atom. The first-order valence-corrected chi connectivity index (χ1v) is 4.73. The fourth-order valence-corrected chi connectivity index (χ4v) is 1.39. The predicted molar refractivity (Wildman–Crippen MR) is 51.0 cm³/mol. The van der Waals surface area contributed by atoms with Crippen LogP contribution >= 0.6 is 0 Å². The molecule has 0 bridgehead atoms. The van der Waals surface area contributed by atoms with Gasteiger partial charge in [-0.15, -0.1) is 0 Å². The fourth-order valence-electron chi connectivity index (χ4n) is 1.39. The summed E-state index contributed by atoms with van der Waals surface area (Å²) in [6.45, 7) is -0.573. The number of primary amides is 2. The normalized spacial score (nSPS) is 37.7. The number of nitrogens with two attached hydrogens (primary N) is 2. The quantitative estimate of drug-likeness (QED) is 0.337. The molecule has 1 aliphatic heterocycles. The van der Waals surface area contributed by atoms with Crippen molar-refractivity contribution in [2.24, 2.45) is 11.5 Å². The molecule has 0 saturated carbocycles. The van der Waals surface area contributed by atoms with Crippen LogP contribution in [0.25, 0.3) is 0 Å². The second-order valence-corrected chi connectivity index (χ2v) is 3.58. The highest BCUT2D eigenvalue weighted by Gasteiger charge is 2.46. The molecule has 0 aromatic carbocycles. The van der Waals surface area contributed by atoms with E-state index in [1.807, 2.05) is 0 Å². The van der Waals surface area contributed by atoms with E-state index in [0.717, 1.165) is 0 Å². The average Bonchev–Trinajstić information content (AvgIpc) is 2.24. The largest absolute Gasteiger partial charge is 0.387 e. The highest BCUT2D eigenvalue weighted by molar-refractivity contribution is 5.79. The van der Waals surface area contributed by atoms with Gasteiger partial charge in [0.05, 0.1) is 0 Å². The van der Waals surface area contributed by atoms with Crippen LogP contribution in [0.2, 0.25) is 0 Å². The molecule has 98 valence electrons. The number of hydrogen-bond acceptors (Lipinski definition) is 7. The van der Waals surface area contributed by atoms with E-state index in [4.69, 9.17) is 20.9 Å². The monoisotopic (exact) mass is 250 g/mol. The summed E-state index contributed by atoms with van der Waals surface area (Å²) in [4.78, 5) is 21.4. The molecule has 0 spiro atoms. The van der Waals surface area contributed by atoms with Gasteiger partial charge in [0.25, 0.3) is 0 Å². The third-order valence-corrected chi connectivity index (χ3v) is 2.24. The number of carbonyl (C=O) groups excluding carboxylic acids is 2. The summed E-state index contributed by atoms with van der Waals surface area (Å²) in [5.74, 6) is -1.85. The van der Waals surface area contributed by atoms with Crippen LogP contribution in [-0.4, -0.2) is 64.4 Å². The molecule has 17 heavy (non-hydrogen) atoms. The summed E-state index contributed by atoms with van der Waals surface area (Å²) in [5.41, 5.74) is 9.73. The third kappa shape index (κ3) is 3.11. The van der Waals surface area contributed by atoms with Crippen LogP contribution in [0.15, 0.2) is 0 Å². The first kappa shape index (κ1) is 13.8. The number of ether oxygens (including phenoxy) is 2. The number of carbonyl (C=O) groups is 2. The third-order valence-electron chi connectivity index (χ3n) is 2.24. The number of amides is 2. The number of aliphatic hydroxyl groups is 3. The maximum Gasteiger partial charge on any atom is 0.249 e. The molecule has 1 saturated heterocycles. The lowest BCUT2D eigenvalue weighted by atomic mass is 9.98. The lowest BCUT2D eigenvalue weighted by Crippen LogP contribution is -2.61. The van der Waals surface area contributed by atoms with Crippen molar-refractivity contribution in [3.63, 3.8) is 0 Å². The van der Waals surface area contributed by atoms with Gasteiger partial charge in [-0.25, -0.2) is 0 Å². The van der Waals surface area contributed by atoms with Crippen LogP contribution in [0.4, 0.5) is 0 Å². The minimum atomic E-state index is -1.68. The van der Waals surface area contributed by atoms with E-state index in [1.54, 1.807) is 0 Å². The zero-order valence-electron chi connectivity index (χ0n) is 8.72. The average molecular weight is 250 g/mol. The van der Waals surface area contributed by atoms with Crippen molar-refractivity contribution in [2.45, 2.75) is 30.7 Å². The molecule has 5 atom stereocenters. The Morgan fingerprint density at radius 1 is 1.12 bits per heavy atom. The van der Waals surface area contributed by atoms with Gasteiger partial charge in [0, 0.05) is 0 Å². The maximum atomic E-state index is 10.9. The van der Waals surface area contributed by atoms with Crippen LogP contribution in [0.3, 0.4) is 0 Å². The van der Waals surface area contributed by atoms with Crippen molar-refractivity contribution in [1.29, 1.82) is 0 Å². The molecule has 0 radical (unpaired) electrons. The van der Waals surface area contributed by atoms with Crippen molar-refractivity contribution < 1.29 is 34.4 Å². The molecule has 2 amide bonds. The van der Waals surface area contributed by atoms with Crippen LogP contribution in [-0.2, 0) is 19.1 Å². The van der Waals surface area contributed by atoms with Gasteiger partial charge in [-0.1, -0.05) is 0 Å². The Balaban J connectivity index is 2.71. The minimum Gasteiger partial charge on any atom is -0.387 e. The summed E-state index contributed by atoms with van der Waals surface area (Å²) in [7, 11) is 0. The highest BCUT2D eigenvalue weighted by atomic mass is 16.7. The van der Waals surface area contributed by atoms with Crippen molar-refractivity contribution in [3.8, 4) is 0 Å². The molecular formula is C8H14N2O7. The summed E-state index contributed by atoms with van der Waals surface area (Å²) < 4.78 is 9.56. The molecular weight excluding hydrogens is 236 g/mol. The zero-order valence-corrected chi connectivity index (χ0v) is 8.72. The van der Waals surface area contributed by atoms with Gasteiger partial charge in [-0.3, -0.25) is 9.59 Å². The van der Waals surface area contributed by atoms with Gasteiger partial charge in [0.15, 0.2) is 12.4 Å². The topological polar surface area (TPSA) is 165 Å². The maximum absolute atomic E-state index is 10.9. The van der Waals surface area contributed by atoms with Crippen LogP contribution in [0.1, 0.15) is 0 Å². The Hall–Kier alpha value is -1.26. The number of rotatable bonds is 4. The Bertz CT molecular complexity index is 310. The SMILES string of the molecule is NC(=O)CO[C@@H]1OC(C(N)=O)[C@@H](O)C(O)C1O. The summed E-state index contributed by atoms with van der Waals surface area (Å²) in [6, 6.07) is 0. The smallest absolute Gasteiger partial charge is 0.249 e. The molecule has 7 N–H and O–H groups in total. The van der Waals surface area contributed by atoms with Gasteiger partial charge in [-0.05, 0) is 0 Å². The summed E-state index contributed by atoms with van der Waals surface area (Å²) in [5, 5.41) is 28.3. The Labute approximate surface area is 95.9 Å². The molecule has 9 heteroatoms. The summed E-state index contributed by atoms with van der Waals surface area (Å²) in [6.07, 6.45) is -7.99. The fraction of sp³-hybridized carbons (Fsp3) is 0.750. The Morgan fingerprint density at radius 2 is 1.71 bits per heavy atom. The molecule has 1 aliphatic rings. The van der Waals surface area contributed by atoms with Crippen LogP contribution < -0.4 is 11.5 Å². The summed E-state index contributed by atoms with van der Waals surface area (Å²) >= 11 is 0. The first-order chi connectivity index (χ1) is 7.84. The molecule has 1 heterocycles. The molecule has 0 aromatic rings. The van der Waals surface area contributed by atoms with E-state index in [9.17, 15) is 24.9 Å². The van der Waals surface area contributed by atoms with E-state index < -0.39 is 49.1 Å². The second kappa shape index (κ2) is 5.38. The lowest BCUT2D eigenvalue weighted by molar-refractivity contribution is -0.288. The molecule has 0 aromatic heterocycles. The molecule has 9 nitrogen and oxygen atoms in total. The predicted octanol–water partition coefficient (Wildman–Crippen LogP) is -4.22. The molecule has 1 rings (SSSR count). The molecule has 1 fully saturated rings. The van der Waals surface area contributed by atoms with Crippen molar-refractivity contribution in [2.75, 3.05) is 6.61 Å². The number of hydrogen-bond donors (Lipinski definition) is 5. The number of aliphatic hydroxyl groups excluding tert-OH is 3. The van der Waals surface area contributed by atoms with E-state index in [0.29, 0.717) is 0 Å². The standard InChI is InChI=1S/C8H14N2O7/c9-2(11)1-16-8-5(14)3(12)4(13)6(17-8)7(10)15/h3-6,8,12-14H,1H2,(H2,9,11)(H2,10,15)/t3?,4-,5?,6?,8+/m0/s1. The van der Waals surface area contributed by atoms with Gasteiger partial charge in [0.2, 0.25) is 11.8 Å². The first-order valence-electron chi connectivity index (χ1n) is 4.73. The van der Waals surface area contributed by atoms with Gasteiger partial charge < -0.3 is 36.3 Å². The highest BCUT2D eigenvalue weighted by Crippen LogP contribution is 2.21. The zero-order chi connectivity index (χ0) is 13.2. The van der Waals surface area contributed by atoms with Crippen LogP contribution in [0.5, 0.6) is 0 Å². The second-order valence-electron chi connectivity index (χ2n) is 3.58. The molecule has 0 aliphatic carbocycles. The van der Waals surface area contributed by atoms with E-state index in [2.05, 4.69) is 0 Å².